The number of halogens is 1. The molecular formula is C8H6ClN3O. The molecule has 0 aromatic heterocycles. The highest BCUT2D eigenvalue weighted by molar-refractivity contribution is 6.33. The van der Waals surface area contributed by atoms with Crippen molar-refractivity contribution < 1.29 is 4.79 Å². The number of nitrogens with two attached hydrogens (primary N) is 1. The second-order valence-electron chi connectivity index (χ2n) is 2.30. The van der Waals surface area contributed by atoms with Gasteiger partial charge in [0.25, 0.3) is 0 Å². The smallest absolute Gasteiger partial charge is 0.316 e. The lowest BCUT2D eigenvalue weighted by atomic mass is 10.2. The van der Waals surface area contributed by atoms with E-state index < -0.39 is 6.03 Å². The van der Waals surface area contributed by atoms with Crippen molar-refractivity contribution in [2.75, 3.05) is 5.32 Å². The first kappa shape index (κ1) is 9.36. The molecule has 0 bridgehead atoms. The minimum absolute atomic E-state index is 0.290. The van der Waals surface area contributed by atoms with Crippen LogP contribution < -0.4 is 11.1 Å². The molecule has 0 unspecified atom stereocenters. The normalized spacial score (nSPS) is 8.92. The van der Waals surface area contributed by atoms with Gasteiger partial charge < -0.3 is 11.1 Å². The number of rotatable bonds is 1. The Morgan fingerprint density at radius 3 is 2.77 bits per heavy atom. The van der Waals surface area contributed by atoms with Gasteiger partial charge in [-0.05, 0) is 18.2 Å². The predicted octanol–water partition coefficient (Wildman–Crippen LogP) is 1.70. The summed E-state index contributed by atoms with van der Waals surface area (Å²) in [6.07, 6.45) is 0. The van der Waals surface area contributed by atoms with Crippen LogP contribution in [0, 0.1) is 11.3 Å². The Morgan fingerprint density at radius 2 is 2.31 bits per heavy atom. The summed E-state index contributed by atoms with van der Waals surface area (Å²) >= 11 is 5.73. The lowest BCUT2D eigenvalue weighted by Crippen LogP contribution is -2.19. The second-order valence-corrected chi connectivity index (χ2v) is 2.70. The van der Waals surface area contributed by atoms with Crippen LogP contribution in [0.5, 0.6) is 0 Å². The third-order valence-electron chi connectivity index (χ3n) is 1.36. The number of carbonyl (C=O) groups is 1. The van der Waals surface area contributed by atoms with E-state index in [2.05, 4.69) is 5.32 Å². The third-order valence-corrected chi connectivity index (χ3v) is 1.67. The van der Waals surface area contributed by atoms with E-state index in [0.717, 1.165) is 0 Å². The zero-order valence-electron chi connectivity index (χ0n) is 6.54. The average Bonchev–Trinajstić information content (AvgIpc) is 2.08. The van der Waals surface area contributed by atoms with Crippen molar-refractivity contribution in [3.8, 4) is 6.07 Å². The number of benzene rings is 1. The number of primary amides is 1. The van der Waals surface area contributed by atoms with E-state index in [1.807, 2.05) is 6.07 Å². The van der Waals surface area contributed by atoms with Gasteiger partial charge in [0.15, 0.2) is 0 Å². The summed E-state index contributed by atoms with van der Waals surface area (Å²) in [6.45, 7) is 0. The molecule has 1 aromatic rings. The number of amides is 2. The van der Waals surface area contributed by atoms with Crippen LogP contribution in [-0.2, 0) is 0 Å². The Bertz CT molecular complexity index is 383. The van der Waals surface area contributed by atoms with Gasteiger partial charge in [-0.2, -0.15) is 5.26 Å². The first-order valence-corrected chi connectivity index (χ1v) is 3.77. The summed E-state index contributed by atoms with van der Waals surface area (Å²) in [7, 11) is 0. The lowest BCUT2D eigenvalue weighted by Gasteiger charge is -2.03. The molecule has 13 heavy (non-hydrogen) atoms. The van der Waals surface area contributed by atoms with Gasteiger partial charge in [0, 0.05) is 0 Å². The van der Waals surface area contributed by atoms with Crippen molar-refractivity contribution >= 4 is 23.3 Å². The summed E-state index contributed by atoms with van der Waals surface area (Å²) in [5.74, 6) is 0. The van der Waals surface area contributed by atoms with Crippen LogP contribution in [0.2, 0.25) is 5.02 Å². The molecule has 0 atom stereocenters. The first-order valence-electron chi connectivity index (χ1n) is 3.39. The Labute approximate surface area is 79.9 Å². The highest BCUT2D eigenvalue weighted by atomic mass is 35.5. The molecule has 0 aliphatic rings. The van der Waals surface area contributed by atoms with Crippen molar-refractivity contribution in [3.63, 3.8) is 0 Å². The van der Waals surface area contributed by atoms with Crippen LogP contribution in [0.4, 0.5) is 10.5 Å². The number of nitrogens with one attached hydrogen (secondary N) is 1. The first-order chi connectivity index (χ1) is 6.13. The Balaban J connectivity index is 3.00. The van der Waals surface area contributed by atoms with Crippen LogP contribution in [0.25, 0.3) is 0 Å². The van der Waals surface area contributed by atoms with Crippen LogP contribution >= 0.6 is 11.6 Å². The highest BCUT2D eigenvalue weighted by Crippen LogP contribution is 2.22. The molecule has 0 saturated carbocycles. The maximum Gasteiger partial charge on any atom is 0.316 e. The molecule has 2 amide bonds. The number of hydrogen-bond acceptors (Lipinski definition) is 2. The van der Waals surface area contributed by atoms with E-state index in [1.165, 1.54) is 18.2 Å². The van der Waals surface area contributed by atoms with E-state index in [0.29, 0.717) is 11.3 Å². The van der Waals surface area contributed by atoms with Crippen molar-refractivity contribution in [2.45, 2.75) is 0 Å². The maximum atomic E-state index is 10.5. The predicted molar refractivity (Wildman–Crippen MR) is 49.4 cm³/mol. The van der Waals surface area contributed by atoms with Crippen LogP contribution in [0.3, 0.4) is 0 Å². The molecule has 1 rings (SSSR count). The van der Waals surface area contributed by atoms with Gasteiger partial charge in [-0.25, -0.2) is 4.79 Å². The van der Waals surface area contributed by atoms with Crippen molar-refractivity contribution in [1.82, 2.24) is 0 Å². The van der Waals surface area contributed by atoms with Gasteiger partial charge in [-0.3, -0.25) is 0 Å². The van der Waals surface area contributed by atoms with Crippen LogP contribution in [0.1, 0.15) is 5.56 Å². The van der Waals surface area contributed by atoms with E-state index in [4.69, 9.17) is 22.6 Å². The third kappa shape index (κ3) is 2.36. The summed E-state index contributed by atoms with van der Waals surface area (Å²) in [4.78, 5) is 10.5. The van der Waals surface area contributed by atoms with E-state index >= 15 is 0 Å². The zero-order chi connectivity index (χ0) is 9.84. The number of carbonyl (C=O) groups excluding carboxylic acids is 1. The van der Waals surface area contributed by atoms with Crippen molar-refractivity contribution in [2.24, 2.45) is 5.73 Å². The molecule has 0 radical (unpaired) electrons. The minimum Gasteiger partial charge on any atom is -0.351 e. The van der Waals surface area contributed by atoms with Gasteiger partial charge in [0.1, 0.15) is 0 Å². The summed E-state index contributed by atoms with van der Waals surface area (Å²) in [5, 5.41) is 11.1. The summed E-state index contributed by atoms with van der Waals surface area (Å²) < 4.78 is 0. The Morgan fingerprint density at radius 1 is 1.62 bits per heavy atom. The quantitative estimate of drug-likeness (QED) is 0.715. The van der Waals surface area contributed by atoms with E-state index in [1.54, 1.807) is 0 Å². The van der Waals surface area contributed by atoms with Gasteiger partial charge in [0.05, 0.1) is 22.3 Å². The molecule has 0 aliphatic heterocycles. The van der Waals surface area contributed by atoms with Crippen LogP contribution in [0.15, 0.2) is 18.2 Å². The Kier molecular flexibility index (Phi) is 2.72. The molecule has 0 saturated heterocycles. The molecule has 4 nitrogen and oxygen atoms in total. The summed E-state index contributed by atoms with van der Waals surface area (Å²) in [6, 6.07) is 5.74. The van der Waals surface area contributed by atoms with Gasteiger partial charge in [0.2, 0.25) is 0 Å². The number of nitrogens with zero attached hydrogens (tertiary/aromatic N) is 1. The SMILES string of the molecule is N#Cc1ccc(NC(N)=O)c(Cl)c1. The lowest BCUT2D eigenvalue weighted by molar-refractivity contribution is 0.259. The van der Waals surface area contributed by atoms with E-state index in [9.17, 15) is 4.79 Å². The summed E-state index contributed by atoms with van der Waals surface area (Å²) in [5.41, 5.74) is 5.72. The monoisotopic (exact) mass is 195 g/mol. The number of anilines is 1. The number of nitriles is 1. The molecule has 66 valence electrons. The van der Waals surface area contributed by atoms with Crippen LogP contribution in [-0.4, -0.2) is 6.03 Å². The fourth-order valence-corrected chi connectivity index (χ4v) is 1.05. The Hall–Kier alpha value is -1.73. The molecule has 3 N–H and O–H groups in total. The zero-order valence-corrected chi connectivity index (χ0v) is 7.30. The molecular weight excluding hydrogens is 190 g/mol. The fraction of sp³-hybridized carbons (Fsp3) is 0. The van der Waals surface area contributed by atoms with Gasteiger partial charge in [-0.1, -0.05) is 11.6 Å². The maximum absolute atomic E-state index is 10.5. The second kappa shape index (κ2) is 3.78. The molecule has 0 fully saturated rings. The standard InChI is InChI=1S/C8H6ClN3O/c9-6-3-5(4-10)1-2-7(6)12-8(11)13/h1-3H,(H3,11,12,13). The van der Waals surface area contributed by atoms with E-state index in [-0.39, 0.29) is 5.02 Å². The number of hydrogen-bond donors (Lipinski definition) is 2. The molecule has 0 spiro atoms. The topological polar surface area (TPSA) is 78.9 Å². The number of urea groups is 1. The van der Waals surface area contributed by atoms with Gasteiger partial charge >= 0.3 is 6.03 Å². The molecule has 5 heteroatoms. The molecule has 0 heterocycles. The molecule has 0 aliphatic carbocycles. The largest absolute Gasteiger partial charge is 0.351 e. The molecule has 1 aromatic carbocycles. The fourth-order valence-electron chi connectivity index (χ4n) is 0.819. The highest BCUT2D eigenvalue weighted by Gasteiger charge is 2.02. The van der Waals surface area contributed by atoms with Gasteiger partial charge in [-0.15, -0.1) is 0 Å². The van der Waals surface area contributed by atoms with Crippen molar-refractivity contribution in [1.29, 1.82) is 5.26 Å². The average molecular weight is 196 g/mol. The van der Waals surface area contributed by atoms with Crippen molar-refractivity contribution in [3.05, 3.63) is 28.8 Å². The minimum atomic E-state index is -0.688.